The third kappa shape index (κ3) is 5.72. The van der Waals surface area contributed by atoms with Crippen LogP contribution >= 0.6 is 0 Å². The third-order valence-electron chi connectivity index (χ3n) is 4.47. The lowest BCUT2D eigenvalue weighted by molar-refractivity contribution is -0.138. The summed E-state index contributed by atoms with van der Waals surface area (Å²) in [5.74, 6) is 0.371. The van der Waals surface area contributed by atoms with E-state index in [-0.39, 0.29) is 17.9 Å². The molecule has 1 rings (SSSR count). The van der Waals surface area contributed by atoms with Crippen molar-refractivity contribution in [3.63, 3.8) is 0 Å². The lowest BCUT2D eigenvalue weighted by atomic mass is 9.65. The third-order valence-corrected chi connectivity index (χ3v) is 4.47. The zero-order valence-corrected chi connectivity index (χ0v) is 12.4. The van der Waals surface area contributed by atoms with E-state index in [0.717, 1.165) is 32.2 Å². The lowest BCUT2D eigenvalue weighted by Gasteiger charge is -2.44. The van der Waals surface area contributed by atoms with Crippen molar-refractivity contribution >= 4 is 0 Å². The monoisotopic (exact) mass is 279 g/mol. The van der Waals surface area contributed by atoms with Gasteiger partial charge in [-0.1, -0.05) is 33.6 Å². The summed E-state index contributed by atoms with van der Waals surface area (Å²) in [6.45, 7) is 7.30. The minimum Gasteiger partial charge on any atom is -0.314 e. The number of hydrogen-bond acceptors (Lipinski definition) is 1. The van der Waals surface area contributed by atoms with Crippen LogP contribution in [0.2, 0.25) is 0 Å². The molecule has 4 heteroatoms. The van der Waals surface area contributed by atoms with E-state index < -0.39 is 12.6 Å². The van der Waals surface area contributed by atoms with Crippen molar-refractivity contribution in [3.8, 4) is 0 Å². The lowest BCUT2D eigenvalue weighted by Crippen LogP contribution is -2.45. The van der Waals surface area contributed by atoms with E-state index >= 15 is 0 Å². The molecule has 0 aromatic rings. The molecular formula is C15H28F3N. The molecule has 0 aromatic heterocycles. The van der Waals surface area contributed by atoms with Gasteiger partial charge in [-0.3, -0.25) is 0 Å². The molecule has 2 unspecified atom stereocenters. The number of nitrogens with one attached hydrogen (secondary N) is 1. The van der Waals surface area contributed by atoms with Gasteiger partial charge in [0.15, 0.2) is 0 Å². The first kappa shape index (κ1) is 16.8. The largest absolute Gasteiger partial charge is 0.389 e. The molecule has 0 aromatic carbocycles. The Bertz CT molecular complexity index is 261. The quantitative estimate of drug-likeness (QED) is 0.728. The van der Waals surface area contributed by atoms with Crippen LogP contribution in [0.25, 0.3) is 0 Å². The van der Waals surface area contributed by atoms with Crippen LogP contribution in [0, 0.1) is 11.3 Å². The van der Waals surface area contributed by atoms with Crippen LogP contribution in [-0.4, -0.2) is 18.8 Å². The smallest absolute Gasteiger partial charge is 0.314 e. The molecule has 1 saturated carbocycles. The Kier molecular flexibility index (Phi) is 6.15. The molecule has 1 nitrogen and oxygen atoms in total. The first-order valence-corrected chi connectivity index (χ1v) is 7.56. The van der Waals surface area contributed by atoms with Gasteiger partial charge in [0.1, 0.15) is 0 Å². The summed E-state index contributed by atoms with van der Waals surface area (Å²) in [6, 6.07) is 0.0110. The Hall–Kier alpha value is -0.250. The van der Waals surface area contributed by atoms with Crippen molar-refractivity contribution in [1.29, 1.82) is 0 Å². The van der Waals surface area contributed by atoms with E-state index in [1.165, 1.54) is 6.42 Å². The molecule has 114 valence electrons. The first-order valence-electron chi connectivity index (χ1n) is 7.56. The Morgan fingerprint density at radius 1 is 1.26 bits per heavy atom. The second kappa shape index (κ2) is 6.96. The average molecular weight is 279 g/mol. The summed E-state index contributed by atoms with van der Waals surface area (Å²) in [5.41, 5.74) is 0.162. The van der Waals surface area contributed by atoms with Crippen LogP contribution in [0.1, 0.15) is 65.7 Å². The van der Waals surface area contributed by atoms with Crippen molar-refractivity contribution in [2.24, 2.45) is 11.3 Å². The standard InChI is InChI=1S/C15H28F3N/c1-4-11-19-13(8-10-15(16,17)18)12-7-5-6-9-14(12,2)3/h12-13,19H,4-11H2,1-3H3. The van der Waals surface area contributed by atoms with Gasteiger partial charge in [0, 0.05) is 12.5 Å². The van der Waals surface area contributed by atoms with Crippen LogP contribution < -0.4 is 5.32 Å². The van der Waals surface area contributed by atoms with Crippen LogP contribution in [0.15, 0.2) is 0 Å². The fourth-order valence-electron chi connectivity index (χ4n) is 3.36. The highest BCUT2D eigenvalue weighted by molar-refractivity contribution is 4.90. The molecule has 0 radical (unpaired) electrons. The molecule has 1 N–H and O–H groups in total. The van der Waals surface area contributed by atoms with E-state index in [9.17, 15) is 13.2 Å². The van der Waals surface area contributed by atoms with Crippen LogP contribution in [0.3, 0.4) is 0 Å². The molecule has 19 heavy (non-hydrogen) atoms. The maximum absolute atomic E-state index is 12.5. The second-order valence-corrected chi connectivity index (χ2v) is 6.56. The van der Waals surface area contributed by atoms with Gasteiger partial charge in [0.25, 0.3) is 0 Å². The summed E-state index contributed by atoms with van der Waals surface area (Å²) in [4.78, 5) is 0. The van der Waals surface area contributed by atoms with Crippen molar-refractivity contribution in [2.75, 3.05) is 6.54 Å². The highest BCUT2D eigenvalue weighted by Crippen LogP contribution is 2.43. The predicted octanol–water partition coefficient (Wildman–Crippen LogP) is 4.91. The Morgan fingerprint density at radius 2 is 1.95 bits per heavy atom. The maximum atomic E-state index is 12.5. The number of rotatable bonds is 6. The Balaban J connectivity index is 2.65. The number of alkyl halides is 3. The zero-order valence-electron chi connectivity index (χ0n) is 12.4. The van der Waals surface area contributed by atoms with Gasteiger partial charge >= 0.3 is 6.18 Å². The van der Waals surface area contributed by atoms with Gasteiger partial charge in [-0.2, -0.15) is 13.2 Å². The van der Waals surface area contributed by atoms with Gasteiger partial charge in [-0.05, 0) is 43.6 Å². The summed E-state index contributed by atoms with van der Waals surface area (Å²) in [7, 11) is 0. The van der Waals surface area contributed by atoms with Crippen molar-refractivity contribution < 1.29 is 13.2 Å². The highest BCUT2D eigenvalue weighted by atomic mass is 19.4. The van der Waals surface area contributed by atoms with Crippen LogP contribution in [0.5, 0.6) is 0 Å². The SMILES string of the molecule is CCCNC(CCC(F)(F)F)C1CCCCC1(C)C. The fourth-order valence-corrected chi connectivity index (χ4v) is 3.36. The predicted molar refractivity (Wildman–Crippen MR) is 73.1 cm³/mol. The molecule has 0 heterocycles. The summed E-state index contributed by atoms with van der Waals surface area (Å²) in [5, 5.41) is 3.37. The molecule has 2 atom stereocenters. The summed E-state index contributed by atoms with van der Waals surface area (Å²) in [6.07, 6.45) is 1.05. The van der Waals surface area contributed by atoms with E-state index in [1.807, 2.05) is 0 Å². The van der Waals surface area contributed by atoms with Crippen LogP contribution in [0.4, 0.5) is 13.2 Å². The van der Waals surface area contributed by atoms with E-state index in [2.05, 4.69) is 26.1 Å². The van der Waals surface area contributed by atoms with E-state index in [4.69, 9.17) is 0 Å². The van der Waals surface area contributed by atoms with Gasteiger partial charge < -0.3 is 5.32 Å². The van der Waals surface area contributed by atoms with Crippen molar-refractivity contribution in [1.82, 2.24) is 5.32 Å². The van der Waals surface area contributed by atoms with Crippen LogP contribution in [-0.2, 0) is 0 Å². The summed E-state index contributed by atoms with van der Waals surface area (Å²) >= 11 is 0. The molecular weight excluding hydrogens is 251 g/mol. The van der Waals surface area contributed by atoms with E-state index in [1.54, 1.807) is 0 Å². The maximum Gasteiger partial charge on any atom is 0.389 e. The average Bonchev–Trinajstić information content (AvgIpc) is 2.28. The van der Waals surface area contributed by atoms with Crippen molar-refractivity contribution in [2.45, 2.75) is 77.9 Å². The van der Waals surface area contributed by atoms with Gasteiger partial charge in [0.05, 0.1) is 0 Å². The number of hydrogen-bond donors (Lipinski definition) is 1. The van der Waals surface area contributed by atoms with Crippen molar-refractivity contribution in [3.05, 3.63) is 0 Å². The highest BCUT2D eigenvalue weighted by Gasteiger charge is 2.38. The van der Waals surface area contributed by atoms with E-state index in [0.29, 0.717) is 5.92 Å². The minimum atomic E-state index is -4.04. The molecule has 1 aliphatic rings. The molecule has 1 aliphatic carbocycles. The molecule has 0 bridgehead atoms. The van der Waals surface area contributed by atoms with Gasteiger partial charge in [-0.25, -0.2) is 0 Å². The second-order valence-electron chi connectivity index (χ2n) is 6.56. The topological polar surface area (TPSA) is 12.0 Å². The Labute approximate surface area is 115 Å². The van der Waals surface area contributed by atoms with Gasteiger partial charge in [-0.15, -0.1) is 0 Å². The molecule has 1 fully saturated rings. The molecule has 0 saturated heterocycles. The summed E-state index contributed by atoms with van der Waals surface area (Å²) < 4.78 is 37.4. The van der Waals surface area contributed by atoms with Gasteiger partial charge in [0.2, 0.25) is 0 Å². The molecule has 0 aliphatic heterocycles. The number of halogens is 3. The zero-order chi connectivity index (χ0) is 14.5. The fraction of sp³-hybridized carbons (Fsp3) is 1.00. The normalized spacial score (nSPS) is 25.3. The Morgan fingerprint density at radius 3 is 2.47 bits per heavy atom. The first-order chi connectivity index (χ1) is 8.76. The molecule has 0 spiro atoms. The molecule has 0 amide bonds. The minimum absolute atomic E-state index is 0.0110.